The van der Waals surface area contributed by atoms with E-state index < -0.39 is 75.4 Å². The van der Waals surface area contributed by atoms with Crippen LogP contribution in [0.4, 0.5) is 11.8 Å². The van der Waals surface area contributed by atoms with Gasteiger partial charge in [0.25, 0.3) is 0 Å². The number of nitrogens with zero attached hydrogens (tertiary/aromatic N) is 7. The second-order valence-corrected chi connectivity index (χ2v) is 13.1. The Morgan fingerprint density at radius 3 is 2.77 bits per heavy atom. The minimum absolute atomic E-state index is 0.0613. The fourth-order valence-electron chi connectivity index (χ4n) is 5.01. The first kappa shape index (κ1) is 30.4. The van der Waals surface area contributed by atoms with E-state index in [2.05, 4.69) is 40.9 Å². The van der Waals surface area contributed by atoms with Crippen LogP contribution in [0.15, 0.2) is 50.0 Å². The number of nitrogen functional groups attached to an aromatic ring is 1. The number of imidazole rings is 1. The summed E-state index contributed by atoms with van der Waals surface area (Å²) in [7, 11) is -10.7. The van der Waals surface area contributed by atoms with Gasteiger partial charge in [-0.1, -0.05) is 0 Å². The molecular weight excluding hydrogens is 676 g/mol. The number of hydrogen-bond donors (Lipinski definition) is 11. The Hall–Kier alpha value is -5.22. The number of ether oxygens (including phenoxy) is 1. The molecule has 7 rings (SSSR count). The quantitative estimate of drug-likeness (QED) is 0.0613. The first-order valence-corrected chi connectivity index (χ1v) is 16.6. The van der Waals surface area contributed by atoms with E-state index in [0.717, 1.165) is 10.9 Å². The topological polar surface area (TPSA) is 364 Å². The third kappa shape index (κ3) is 5.28. The van der Waals surface area contributed by atoms with Gasteiger partial charge in [-0.25, -0.2) is 0 Å². The Bertz CT molecular complexity index is 2000. The number of aromatic hydroxyl groups is 1. The molecule has 0 saturated carbocycles. The minimum atomic E-state index is -5.35. The molecule has 3 aromatic heterocycles. The van der Waals surface area contributed by atoms with E-state index in [0.29, 0.717) is 17.8 Å². The first-order valence-electron chi connectivity index (χ1n) is 13.2. The molecule has 252 valence electrons. The van der Waals surface area contributed by atoms with Crippen molar-refractivity contribution in [2.24, 2.45) is 10.8 Å². The van der Waals surface area contributed by atoms with Crippen molar-refractivity contribution >= 4 is 45.2 Å². The van der Waals surface area contributed by atoms with Crippen LogP contribution in [-0.4, -0.2) is 69.7 Å². The van der Waals surface area contributed by atoms with Gasteiger partial charge in [0.2, 0.25) is 0 Å². The molecule has 1 saturated heterocycles. The van der Waals surface area contributed by atoms with Crippen LogP contribution in [0.25, 0.3) is 27.5 Å². The molecule has 0 radical (unpaired) electrons. The average molecular weight is 701 g/mol. The van der Waals surface area contributed by atoms with Crippen molar-refractivity contribution in [2.45, 2.75) is 18.8 Å². The Morgan fingerprint density at radius 1 is 1.17 bits per heavy atom. The van der Waals surface area contributed by atoms with E-state index in [-0.39, 0.29) is 36.3 Å². The summed E-state index contributed by atoms with van der Waals surface area (Å²) in [5.74, 6) is -3.64. The molecule has 4 aliphatic rings. The number of nitrogens with two attached hydrogens (primary N) is 2. The summed E-state index contributed by atoms with van der Waals surface area (Å²) in [6, 6.07) is -1.68. The standard InChI is InChI=1S/C20H25N13O12P2/c21-14-9-15(25-3-24-14)32(4-26-9)18-11(34)12-7(43-18)2-41-47(38,39)45-13-8(30-31-23)6(1-40-46(36,37)44-12)42-19(13)33-5-27-10-16(33)28-20(22)29-17(10)35/h1,5,8,15,24-26,34,36-39,46-47H,2-4,21H2,(H3,22,28,29,35)/b6-1+/t8-,15?/m1/s1. The van der Waals surface area contributed by atoms with Gasteiger partial charge < -0.3 is 0 Å². The van der Waals surface area contributed by atoms with Crippen LogP contribution in [-0.2, 0) is 24.9 Å². The Balaban J connectivity index is 1.31. The molecule has 0 spiro atoms. The normalized spacial score (nSPS) is 25.7. The fourth-order valence-corrected chi connectivity index (χ4v) is 6.67. The molecule has 0 amide bonds. The molecule has 2 atom stereocenters. The second-order valence-electron chi connectivity index (χ2n) is 9.95. The number of furan rings is 1. The number of H-pyrrole nitrogens is 1. The number of aromatic amines is 1. The maximum atomic E-state index is 12.4. The zero-order valence-corrected chi connectivity index (χ0v) is 25.3. The van der Waals surface area contributed by atoms with Crippen LogP contribution in [0.2, 0.25) is 0 Å². The monoisotopic (exact) mass is 701 g/mol. The number of rotatable bonds is 3. The molecule has 1 fully saturated rings. The second kappa shape index (κ2) is 10.9. The maximum absolute atomic E-state index is 12.4. The zero-order valence-electron chi connectivity index (χ0n) is 23.3. The third-order valence-corrected chi connectivity index (χ3v) is 8.89. The van der Waals surface area contributed by atoms with Gasteiger partial charge in [0.05, 0.1) is 0 Å². The van der Waals surface area contributed by atoms with Crippen LogP contribution in [0.1, 0.15) is 5.76 Å². The summed E-state index contributed by atoms with van der Waals surface area (Å²) in [5.41, 5.74) is 20.4. The molecule has 2 bridgehead atoms. The molecule has 7 heterocycles. The van der Waals surface area contributed by atoms with Crippen LogP contribution in [0.3, 0.4) is 0 Å². The number of nitrogens with one attached hydrogen (secondary N) is 4. The van der Waals surface area contributed by atoms with Crippen molar-refractivity contribution in [3.8, 4) is 11.5 Å². The van der Waals surface area contributed by atoms with Crippen molar-refractivity contribution in [3.05, 3.63) is 62.2 Å². The number of fused-ring (bicyclic) bond motifs is 5. The van der Waals surface area contributed by atoms with Gasteiger partial charge in [-0.05, 0) is 0 Å². The molecule has 0 aromatic carbocycles. The molecular formula is C20H25N13O12P2. The molecule has 27 heteroatoms. The predicted octanol–water partition coefficient (Wildman–Crippen LogP) is -1.92. The van der Waals surface area contributed by atoms with Crippen molar-refractivity contribution in [2.75, 3.05) is 24.0 Å². The van der Waals surface area contributed by atoms with Gasteiger partial charge in [0.1, 0.15) is 0 Å². The first-order chi connectivity index (χ1) is 22.4. The van der Waals surface area contributed by atoms with E-state index >= 15 is 0 Å². The van der Waals surface area contributed by atoms with Gasteiger partial charge in [-0.3, -0.25) is 0 Å². The Labute approximate surface area is 260 Å². The summed E-state index contributed by atoms with van der Waals surface area (Å²) in [5, 5.41) is 23.7. The molecule has 3 aromatic rings. The van der Waals surface area contributed by atoms with Gasteiger partial charge in [0.15, 0.2) is 0 Å². The summed E-state index contributed by atoms with van der Waals surface area (Å²) in [6.45, 7) is -0.571. The molecule has 1 unspecified atom stereocenters. The summed E-state index contributed by atoms with van der Waals surface area (Å²) >= 11 is 0. The van der Waals surface area contributed by atoms with Crippen LogP contribution in [0, 0.1) is 0 Å². The van der Waals surface area contributed by atoms with E-state index in [1.165, 1.54) is 4.90 Å². The van der Waals surface area contributed by atoms with Crippen molar-refractivity contribution in [1.29, 1.82) is 0 Å². The van der Waals surface area contributed by atoms with Crippen LogP contribution < -0.4 is 42.4 Å². The number of azide groups is 1. The summed E-state index contributed by atoms with van der Waals surface area (Å²) in [4.78, 5) is 70.1. The van der Waals surface area contributed by atoms with E-state index in [1.54, 1.807) is 0 Å². The van der Waals surface area contributed by atoms with Gasteiger partial charge in [-0.15, -0.1) is 0 Å². The summed E-state index contributed by atoms with van der Waals surface area (Å²) < 4.78 is 33.6. The van der Waals surface area contributed by atoms with Gasteiger partial charge in [0, 0.05) is 0 Å². The Morgan fingerprint density at radius 2 is 1.98 bits per heavy atom. The number of aromatic nitrogens is 4. The molecule has 0 aliphatic carbocycles. The molecule has 47 heavy (non-hydrogen) atoms. The molecule has 25 nitrogen and oxygen atoms in total. The van der Waals surface area contributed by atoms with Crippen molar-refractivity contribution in [3.63, 3.8) is 0 Å². The fraction of sp³-hybridized carbons (Fsp3) is 0.250. The van der Waals surface area contributed by atoms with Crippen molar-refractivity contribution in [1.82, 2.24) is 35.5 Å². The SMILES string of the molecule is [N-]=[N+]=N[C@H]1C2=C(n3cnc4c(=O)[nH]c(N)nc43)O/C1=C/O[PH](O)(O)Oc1c(oc(N3CNC4=C(N)NCNC43)c1O)CO[PH](O)(O)O2. The Kier molecular flexibility index (Phi) is 7.09. The van der Waals surface area contributed by atoms with E-state index in [1.807, 2.05) is 0 Å². The predicted molar refractivity (Wildman–Crippen MR) is 158 cm³/mol. The van der Waals surface area contributed by atoms with E-state index in [9.17, 15) is 35.0 Å². The number of hydrogen-bond acceptors (Lipinski definition) is 21. The van der Waals surface area contributed by atoms with Crippen LogP contribution in [0.5, 0.6) is 11.5 Å². The molecule has 13 N–H and O–H groups in total. The van der Waals surface area contributed by atoms with Gasteiger partial charge >= 0.3 is 260 Å². The summed E-state index contributed by atoms with van der Waals surface area (Å²) in [6.07, 6.45) is 1.03. The van der Waals surface area contributed by atoms with Crippen molar-refractivity contribution < 1.29 is 51.9 Å². The van der Waals surface area contributed by atoms with E-state index in [4.69, 9.17) is 38.7 Å². The third-order valence-electron chi connectivity index (χ3n) is 6.99. The van der Waals surface area contributed by atoms with Crippen LogP contribution >= 0.6 is 16.3 Å². The van der Waals surface area contributed by atoms with Gasteiger partial charge in [-0.2, -0.15) is 0 Å². The zero-order chi connectivity index (χ0) is 33.2. The molecule has 4 aliphatic heterocycles. The number of anilines is 2. The average Bonchev–Trinajstić information content (AvgIpc) is 3.76.